The van der Waals surface area contributed by atoms with Crippen LogP contribution >= 0.6 is 0 Å². The number of unbranched alkanes of at least 4 members (excludes halogenated alkanes) is 55. The highest BCUT2D eigenvalue weighted by atomic mass is 16.5. The molecule has 0 spiro atoms. The lowest BCUT2D eigenvalue weighted by Crippen LogP contribution is -2.45. The summed E-state index contributed by atoms with van der Waals surface area (Å²) in [6, 6.07) is -0.536. The number of amides is 1. The smallest absolute Gasteiger partial charge is 0.305 e. The van der Waals surface area contributed by atoms with Crippen LogP contribution in [0.4, 0.5) is 0 Å². The molecule has 3 N–H and O–H groups in total. The van der Waals surface area contributed by atoms with Crippen LogP contribution in [0.5, 0.6) is 0 Å². The Bertz CT molecular complexity index is 1270. The molecule has 0 aromatic heterocycles. The van der Waals surface area contributed by atoms with E-state index in [0.717, 1.165) is 44.9 Å². The standard InChI is InChI=1S/C75H145NO5/c1-3-5-7-9-11-13-14-15-16-43-46-49-53-57-61-65-69-75(80)81-70-66-62-58-54-50-47-44-41-39-37-35-33-31-29-27-25-23-21-19-17-18-20-22-24-26-28-30-32-34-36-38-40-42-45-48-52-56-60-64-68-74(79)76-72(71-77)73(78)67-63-59-55-51-12-10-8-6-4-2/h17-18,21,23,72-73,77-78H,3-16,19-20,22,24-71H2,1-2H3,(H,76,79)/b18-17-,23-21-. The predicted molar refractivity (Wildman–Crippen MR) is 356 cm³/mol. The van der Waals surface area contributed by atoms with Crippen molar-refractivity contribution in [3.05, 3.63) is 24.3 Å². The SMILES string of the molecule is CCCCCCCCCCCCCCCCCCC(=O)OCCCCCCCCCCCCCCCCC/C=C\C/C=C\CCCCCCCCCCCCCCCCCCCC(=O)NC(CO)C(O)CCCCCCCCCCC. The maximum atomic E-state index is 12.4. The predicted octanol–water partition coefficient (Wildman–Crippen LogP) is 24.1. The molecule has 0 rings (SSSR count). The van der Waals surface area contributed by atoms with E-state index in [1.54, 1.807) is 0 Å². The number of aliphatic hydroxyl groups is 2. The Kier molecular flexibility index (Phi) is 69.4. The molecule has 6 heteroatoms. The molecule has 2 unspecified atom stereocenters. The van der Waals surface area contributed by atoms with Crippen molar-refractivity contribution in [1.29, 1.82) is 0 Å². The number of esters is 1. The molecule has 0 saturated heterocycles. The first kappa shape index (κ1) is 79.3. The van der Waals surface area contributed by atoms with E-state index in [4.69, 9.17) is 4.74 Å². The van der Waals surface area contributed by atoms with E-state index in [-0.39, 0.29) is 18.5 Å². The first-order valence-corrected chi connectivity index (χ1v) is 37.1. The molecule has 0 bridgehead atoms. The summed E-state index contributed by atoms with van der Waals surface area (Å²) in [6.07, 6.45) is 89.9. The fraction of sp³-hybridized carbons (Fsp3) is 0.920. The number of rotatable bonds is 70. The summed E-state index contributed by atoms with van der Waals surface area (Å²) in [4.78, 5) is 24.5. The van der Waals surface area contributed by atoms with Gasteiger partial charge in [0.15, 0.2) is 0 Å². The molecule has 1 amide bonds. The van der Waals surface area contributed by atoms with E-state index in [9.17, 15) is 19.8 Å². The molecule has 0 aliphatic heterocycles. The fourth-order valence-electron chi connectivity index (χ4n) is 11.9. The number of ether oxygens (including phenoxy) is 1. The van der Waals surface area contributed by atoms with Gasteiger partial charge >= 0.3 is 5.97 Å². The first-order valence-electron chi connectivity index (χ1n) is 37.1. The van der Waals surface area contributed by atoms with Crippen LogP contribution in [0.1, 0.15) is 418 Å². The van der Waals surface area contributed by atoms with Gasteiger partial charge in [0, 0.05) is 12.8 Å². The lowest BCUT2D eigenvalue weighted by atomic mass is 10.0. The van der Waals surface area contributed by atoms with Gasteiger partial charge in [-0.1, -0.05) is 372 Å². The number of allylic oxidation sites excluding steroid dienone is 4. The normalized spacial score (nSPS) is 12.6. The highest BCUT2D eigenvalue weighted by Crippen LogP contribution is 2.19. The quantitative estimate of drug-likeness (QED) is 0.0320. The monoisotopic (exact) mass is 1140 g/mol. The second-order valence-corrected chi connectivity index (χ2v) is 25.6. The third-order valence-corrected chi connectivity index (χ3v) is 17.5. The summed E-state index contributed by atoms with van der Waals surface area (Å²) >= 11 is 0. The number of carbonyl (C=O) groups excluding carboxylic acids is 2. The van der Waals surface area contributed by atoms with E-state index in [0.29, 0.717) is 25.9 Å². The minimum Gasteiger partial charge on any atom is -0.466 e. The largest absolute Gasteiger partial charge is 0.466 e. The number of nitrogens with one attached hydrogen (secondary N) is 1. The minimum absolute atomic E-state index is 0.0244. The van der Waals surface area contributed by atoms with E-state index in [1.165, 1.54) is 340 Å². The van der Waals surface area contributed by atoms with E-state index < -0.39 is 12.1 Å². The molecule has 6 nitrogen and oxygen atoms in total. The molecule has 0 heterocycles. The van der Waals surface area contributed by atoms with E-state index >= 15 is 0 Å². The molecule has 0 saturated carbocycles. The zero-order chi connectivity index (χ0) is 58.5. The van der Waals surface area contributed by atoms with Gasteiger partial charge in [0.05, 0.1) is 25.4 Å². The van der Waals surface area contributed by atoms with Gasteiger partial charge < -0.3 is 20.3 Å². The molecular weight excluding hydrogens is 995 g/mol. The summed E-state index contributed by atoms with van der Waals surface area (Å²) in [7, 11) is 0. The van der Waals surface area contributed by atoms with Crippen LogP contribution < -0.4 is 5.32 Å². The van der Waals surface area contributed by atoms with Gasteiger partial charge in [0.25, 0.3) is 0 Å². The van der Waals surface area contributed by atoms with Crippen LogP contribution in [0.15, 0.2) is 24.3 Å². The highest BCUT2D eigenvalue weighted by Gasteiger charge is 2.20. The minimum atomic E-state index is -0.659. The van der Waals surface area contributed by atoms with E-state index in [1.807, 2.05) is 0 Å². The van der Waals surface area contributed by atoms with Crippen LogP contribution in [0.25, 0.3) is 0 Å². The van der Waals surface area contributed by atoms with Gasteiger partial charge in [-0.2, -0.15) is 0 Å². The van der Waals surface area contributed by atoms with Gasteiger partial charge in [-0.05, 0) is 57.8 Å². The average molecular weight is 1140 g/mol. The van der Waals surface area contributed by atoms with Gasteiger partial charge in [-0.25, -0.2) is 0 Å². The summed E-state index contributed by atoms with van der Waals surface area (Å²) < 4.78 is 5.51. The lowest BCUT2D eigenvalue weighted by molar-refractivity contribution is -0.143. The third kappa shape index (κ3) is 67.3. The summed E-state index contributed by atoms with van der Waals surface area (Å²) in [5.74, 6) is -0.00797. The molecule has 0 aromatic carbocycles. The Morgan fingerprint density at radius 3 is 0.938 bits per heavy atom. The Hall–Kier alpha value is -1.66. The maximum Gasteiger partial charge on any atom is 0.305 e. The van der Waals surface area contributed by atoms with Crippen LogP contribution in [0, 0.1) is 0 Å². The van der Waals surface area contributed by atoms with Crippen molar-refractivity contribution in [2.75, 3.05) is 13.2 Å². The fourth-order valence-corrected chi connectivity index (χ4v) is 11.9. The van der Waals surface area contributed by atoms with Crippen LogP contribution in [-0.4, -0.2) is 47.4 Å². The van der Waals surface area contributed by atoms with Crippen molar-refractivity contribution >= 4 is 11.9 Å². The second kappa shape index (κ2) is 70.8. The number of carbonyl (C=O) groups is 2. The zero-order valence-electron chi connectivity index (χ0n) is 55.0. The van der Waals surface area contributed by atoms with Crippen molar-refractivity contribution < 1.29 is 24.5 Å². The molecule has 2 atom stereocenters. The molecule has 0 aliphatic rings. The summed E-state index contributed by atoms with van der Waals surface area (Å²) in [5, 5.41) is 23.2. The van der Waals surface area contributed by atoms with Crippen LogP contribution in [0.2, 0.25) is 0 Å². The second-order valence-electron chi connectivity index (χ2n) is 25.6. The van der Waals surface area contributed by atoms with Crippen molar-refractivity contribution in [3.8, 4) is 0 Å². The lowest BCUT2D eigenvalue weighted by Gasteiger charge is -2.22. The Morgan fingerprint density at radius 2 is 0.617 bits per heavy atom. The van der Waals surface area contributed by atoms with Gasteiger partial charge in [0.1, 0.15) is 0 Å². The highest BCUT2D eigenvalue weighted by molar-refractivity contribution is 5.76. The van der Waals surface area contributed by atoms with Gasteiger partial charge in [-0.15, -0.1) is 0 Å². The number of hydrogen-bond acceptors (Lipinski definition) is 5. The van der Waals surface area contributed by atoms with E-state index in [2.05, 4.69) is 43.5 Å². The van der Waals surface area contributed by atoms with Crippen molar-refractivity contribution in [2.24, 2.45) is 0 Å². The van der Waals surface area contributed by atoms with Crippen molar-refractivity contribution in [3.63, 3.8) is 0 Å². The Balaban J connectivity index is 3.31. The van der Waals surface area contributed by atoms with Crippen molar-refractivity contribution in [2.45, 2.75) is 431 Å². The molecule has 0 aliphatic carbocycles. The summed E-state index contributed by atoms with van der Waals surface area (Å²) in [6.45, 7) is 4.97. The molecule has 0 fully saturated rings. The maximum absolute atomic E-state index is 12.4. The molecule has 480 valence electrons. The number of hydrogen-bond donors (Lipinski definition) is 3. The average Bonchev–Trinajstić information content (AvgIpc) is 3.47. The summed E-state index contributed by atoms with van der Waals surface area (Å²) in [5.41, 5.74) is 0. The third-order valence-electron chi connectivity index (χ3n) is 17.5. The topological polar surface area (TPSA) is 95.9 Å². The number of aliphatic hydroxyl groups excluding tert-OH is 2. The first-order chi connectivity index (χ1) is 40.0. The van der Waals surface area contributed by atoms with Gasteiger partial charge in [-0.3, -0.25) is 9.59 Å². The molecule has 0 aromatic rings. The molecular formula is C75H145NO5. The zero-order valence-corrected chi connectivity index (χ0v) is 55.0. The molecule has 0 radical (unpaired) electrons. The van der Waals surface area contributed by atoms with Crippen LogP contribution in [-0.2, 0) is 14.3 Å². The van der Waals surface area contributed by atoms with Gasteiger partial charge in [0.2, 0.25) is 5.91 Å². The molecule has 81 heavy (non-hydrogen) atoms. The Morgan fingerprint density at radius 1 is 0.346 bits per heavy atom. The Labute approximate surface area is 507 Å². The van der Waals surface area contributed by atoms with Crippen LogP contribution in [0.3, 0.4) is 0 Å². The van der Waals surface area contributed by atoms with Crippen molar-refractivity contribution in [1.82, 2.24) is 5.32 Å².